The number of carbonyl (C=O) groups is 1. The second-order valence-corrected chi connectivity index (χ2v) is 10.0. The molecule has 0 aromatic heterocycles. The number of rotatable bonds is 8. The molecule has 0 saturated carbocycles. The van der Waals surface area contributed by atoms with Crippen molar-refractivity contribution < 1.29 is 19.0 Å². The monoisotopic (exact) mass is 471 g/mol. The minimum Gasteiger partial charge on any atom is -0.490 e. The Labute approximate surface area is 199 Å². The van der Waals surface area contributed by atoms with Gasteiger partial charge in [0.2, 0.25) is 0 Å². The van der Waals surface area contributed by atoms with E-state index in [-0.39, 0.29) is 11.3 Å². The van der Waals surface area contributed by atoms with E-state index in [1.807, 2.05) is 43.3 Å². The largest absolute Gasteiger partial charge is 0.490 e. The molecular formula is C25H29NO4S2. The molecule has 1 amide bonds. The quantitative estimate of drug-likeness (QED) is 0.281. The summed E-state index contributed by atoms with van der Waals surface area (Å²) in [6, 6.07) is 13.8. The van der Waals surface area contributed by atoms with E-state index >= 15 is 0 Å². The molecule has 1 saturated heterocycles. The highest BCUT2D eigenvalue weighted by Crippen LogP contribution is 2.34. The molecule has 1 aliphatic rings. The fourth-order valence-corrected chi connectivity index (χ4v) is 4.24. The van der Waals surface area contributed by atoms with E-state index in [9.17, 15) is 4.79 Å². The number of ether oxygens (including phenoxy) is 3. The average molecular weight is 472 g/mol. The van der Waals surface area contributed by atoms with Gasteiger partial charge in [-0.2, -0.15) is 0 Å². The summed E-state index contributed by atoms with van der Waals surface area (Å²) in [6.45, 7) is 9.79. The fraction of sp³-hybridized carbons (Fsp3) is 0.360. The molecule has 0 spiro atoms. The van der Waals surface area contributed by atoms with Crippen molar-refractivity contribution >= 4 is 40.3 Å². The number of benzene rings is 2. The number of hydrogen-bond acceptors (Lipinski definition) is 6. The van der Waals surface area contributed by atoms with E-state index in [2.05, 4.69) is 32.9 Å². The van der Waals surface area contributed by atoms with Gasteiger partial charge < -0.3 is 14.2 Å². The molecular weight excluding hydrogens is 442 g/mol. The molecule has 2 aromatic carbocycles. The van der Waals surface area contributed by atoms with Crippen molar-refractivity contribution in [2.45, 2.75) is 33.1 Å². The van der Waals surface area contributed by atoms with Gasteiger partial charge in [0.05, 0.1) is 11.5 Å². The van der Waals surface area contributed by atoms with Crippen LogP contribution in [0.4, 0.5) is 0 Å². The first-order valence-electron chi connectivity index (χ1n) is 10.5. The van der Waals surface area contributed by atoms with Crippen LogP contribution in [-0.4, -0.2) is 42.0 Å². The Balaban J connectivity index is 1.60. The molecule has 0 unspecified atom stereocenters. The van der Waals surface area contributed by atoms with E-state index in [1.165, 1.54) is 22.2 Å². The van der Waals surface area contributed by atoms with Gasteiger partial charge in [-0.25, -0.2) is 0 Å². The van der Waals surface area contributed by atoms with Crippen molar-refractivity contribution in [1.29, 1.82) is 0 Å². The molecule has 0 atom stereocenters. The van der Waals surface area contributed by atoms with E-state index in [0.29, 0.717) is 40.5 Å². The summed E-state index contributed by atoms with van der Waals surface area (Å²) in [5.41, 5.74) is 2.24. The summed E-state index contributed by atoms with van der Waals surface area (Å²) >= 11 is 6.49. The van der Waals surface area contributed by atoms with E-state index in [1.54, 1.807) is 7.05 Å². The Bertz CT molecular complexity index is 1010. The highest BCUT2D eigenvalue weighted by Gasteiger charge is 2.28. The second kappa shape index (κ2) is 10.4. The van der Waals surface area contributed by atoms with Crippen LogP contribution in [0.15, 0.2) is 47.4 Å². The lowest BCUT2D eigenvalue weighted by Crippen LogP contribution is -2.22. The van der Waals surface area contributed by atoms with Crippen LogP contribution in [0.25, 0.3) is 6.08 Å². The molecule has 2 aromatic rings. The fourth-order valence-electron chi connectivity index (χ4n) is 3.06. The van der Waals surface area contributed by atoms with Crippen LogP contribution in [0.3, 0.4) is 0 Å². The number of hydrogen-bond donors (Lipinski definition) is 0. The third-order valence-electron chi connectivity index (χ3n) is 4.88. The third kappa shape index (κ3) is 6.04. The zero-order valence-electron chi connectivity index (χ0n) is 19.1. The number of carbonyl (C=O) groups excluding carboxylic acids is 1. The zero-order chi connectivity index (χ0) is 23.3. The summed E-state index contributed by atoms with van der Waals surface area (Å²) in [5.74, 6) is 1.99. The van der Waals surface area contributed by atoms with Crippen LogP contribution in [-0.2, 0) is 10.2 Å². The van der Waals surface area contributed by atoms with Gasteiger partial charge in [-0.3, -0.25) is 9.69 Å². The van der Waals surface area contributed by atoms with Crippen molar-refractivity contribution in [3.8, 4) is 17.2 Å². The van der Waals surface area contributed by atoms with Gasteiger partial charge in [0.1, 0.15) is 23.3 Å². The maximum absolute atomic E-state index is 12.2. The smallest absolute Gasteiger partial charge is 0.265 e. The maximum Gasteiger partial charge on any atom is 0.265 e. The van der Waals surface area contributed by atoms with Crippen LogP contribution in [0.5, 0.6) is 17.2 Å². The van der Waals surface area contributed by atoms with Crippen molar-refractivity contribution in [3.05, 3.63) is 58.5 Å². The number of thiocarbonyl (C=S) groups is 1. The van der Waals surface area contributed by atoms with Crippen molar-refractivity contribution in [1.82, 2.24) is 4.90 Å². The van der Waals surface area contributed by atoms with Gasteiger partial charge in [0.15, 0.2) is 11.5 Å². The lowest BCUT2D eigenvalue weighted by Gasteiger charge is -2.19. The Morgan fingerprint density at radius 2 is 1.69 bits per heavy atom. The minimum atomic E-state index is -0.0917. The molecule has 7 heteroatoms. The molecule has 3 rings (SSSR count). The average Bonchev–Trinajstić information content (AvgIpc) is 2.99. The standard InChI is InChI=1S/C25H29NO4S2/c1-6-28-21-15-17(16-22-23(27)26(5)24(31)32-22)7-12-20(21)30-14-13-29-19-10-8-18(9-11-19)25(2,3)4/h7-12,15-16H,6,13-14H2,1-5H3/b22-16-. The van der Waals surface area contributed by atoms with Crippen LogP contribution in [0.2, 0.25) is 0 Å². The normalized spacial score (nSPS) is 15.4. The maximum atomic E-state index is 12.2. The third-order valence-corrected chi connectivity index (χ3v) is 6.37. The topological polar surface area (TPSA) is 48.0 Å². The van der Waals surface area contributed by atoms with Crippen LogP contribution < -0.4 is 14.2 Å². The van der Waals surface area contributed by atoms with Crippen LogP contribution in [0, 0.1) is 0 Å². The second-order valence-electron chi connectivity index (χ2n) is 8.35. The number of thioether (sulfide) groups is 1. The first-order valence-corrected chi connectivity index (χ1v) is 11.8. The van der Waals surface area contributed by atoms with Gasteiger partial charge in [-0.1, -0.05) is 63.0 Å². The summed E-state index contributed by atoms with van der Waals surface area (Å²) in [7, 11) is 1.68. The van der Waals surface area contributed by atoms with E-state index in [0.717, 1.165) is 11.3 Å². The Hall–Kier alpha value is -2.51. The zero-order valence-corrected chi connectivity index (χ0v) is 20.8. The molecule has 0 aliphatic carbocycles. The number of amides is 1. The number of nitrogens with zero attached hydrogens (tertiary/aromatic N) is 1. The predicted molar refractivity (Wildman–Crippen MR) is 135 cm³/mol. The first-order chi connectivity index (χ1) is 15.2. The molecule has 32 heavy (non-hydrogen) atoms. The summed E-state index contributed by atoms with van der Waals surface area (Å²) in [5, 5.41) is 0. The highest BCUT2D eigenvalue weighted by atomic mass is 32.2. The lowest BCUT2D eigenvalue weighted by molar-refractivity contribution is -0.121. The van der Waals surface area contributed by atoms with Crippen molar-refractivity contribution in [2.24, 2.45) is 0 Å². The molecule has 170 valence electrons. The SMILES string of the molecule is CCOc1cc(/C=C2\SC(=S)N(C)C2=O)ccc1OCCOc1ccc(C(C)(C)C)cc1. The van der Waals surface area contributed by atoms with E-state index < -0.39 is 0 Å². The number of likely N-dealkylation sites (N-methyl/N-ethyl adjacent to an activating group) is 1. The molecule has 1 fully saturated rings. The minimum absolute atomic E-state index is 0.0917. The van der Waals surface area contributed by atoms with E-state index in [4.69, 9.17) is 26.4 Å². The summed E-state index contributed by atoms with van der Waals surface area (Å²) in [4.78, 5) is 14.3. The summed E-state index contributed by atoms with van der Waals surface area (Å²) in [6.07, 6.45) is 1.82. The Kier molecular flexibility index (Phi) is 7.85. The molecule has 1 aliphatic heterocycles. The first kappa shape index (κ1) is 24.1. The molecule has 5 nitrogen and oxygen atoms in total. The summed E-state index contributed by atoms with van der Waals surface area (Å²) < 4.78 is 18.0. The predicted octanol–water partition coefficient (Wildman–Crippen LogP) is 5.67. The van der Waals surface area contributed by atoms with Crippen LogP contribution in [0.1, 0.15) is 38.8 Å². The molecule has 0 bridgehead atoms. The van der Waals surface area contributed by atoms with Crippen molar-refractivity contribution in [2.75, 3.05) is 26.9 Å². The molecule has 0 N–H and O–H groups in total. The van der Waals surface area contributed by atoms with Gasteiger partial charge in [-0.15, -0.1) is 0 Å². The van der Waals surface area contributed by atoms with Gasteiger partial charge in [-0.05, 0) is 53.8 Å². The van der Waals surface area contributed by atoms with Crippen molar-refractivity contribution in [3.63, 3.8) is 0 Å². The highest BCUT2D eigenvalue weighted by molar-refractivity contribution is 8.26. The van der Waals surface area contributed by atoms with Crippen LogP contribution >= 0.6 is 24.0 Å². The molecule has 0 radical (unpaired) electrons. The van der Waals surface area contributed by atoms with Gasteiger partial charge in [0.25, 0.3) is 5.91 Å². The van der Waals surface area contributed by atoms with Gasteiger partial charge in [0, 0.05) is 7.05 Å². The van der Waals surface area contributed by atoms with Gasteiger partial charge >= 0.3 is 0 Å². The lowest BCUT2D eigenvalue weighted by atomic mass is 9.87. The Morgan fingerprint density at radius 3 is 2.28 bits per heavy atom. The Morgan fingerprint density at radius 1 is 1.00 bits per heavy atom. The molecule has 1 heterocycles.